The first-order chi connectivity index (χ1) is 11.7. The van der Waals surface area contributed by atoms with Gasteiger partial charge in [0, 0.05) is 50.2 Å². The number of aromatic nitrogens is 2. The zero-order valence-electron chi connectivity index (χ0n) is 15.2. The Hall–Kier alpha value is -1.36. The minimum absolute atomic E-state index is 0.291. The summed E-state index contributed by atoms with van der Waals surface area (Å²) in [5.74, 6) is 1.05. The van der Waals surface area contributed by atoms with Gasteiger partial charge in [-0.05, 0) is 31.6 Å². The highest BCUT2D eigenvalue weighted by Gasteiger charge is 2.27. The van der Waals surface area contributed by atoms with E-state index in [2.05, 4.69) is 23.4 Å². The molecule has 1 aromatic heterocycles. The van der Waals surface area contributed by atoms with E-state index >= 15 is 0 Å². The molecular weight excluding hydrogens is 302 g/mol. The van der Waals surface area contributed by atoms with Crippen LogP contribution in [0.25, 0.3) is 0 Å². The molecule has 0 atom stereocenters. The van der Waals surface area contributed by atoms with Crippen LogP contribution in [0.2, 0.25) is 0 Å². The minimum Gasteiger partial charge on any atom is -0.376 e. The van der Waals surface area contributed by atoms with E-state index in [0.717, 1.165) is 63.5 Å². The second kappa shape index (κ2) is 8.15. The van der Waals surface area contributed by atoms with Crippen molar-refractivity contribution in [3.05, 3.63) is 17.0 Å². The van der Waals surface area contributed by atoms with E-state index in [9.17, 15) is 4.79 Å². The lowest BCUT2D eigenvalue weighted by atomic mass is 10.1. The third-order valence-corrected chi connectivity index (χ3v) is 5.01. The van der Waals surface area contributed by atoms with Crippen molar-refractivity contribution >= 4 is 5.91 Å². The number of nitrogens with zero attached hydrogens (tertiary/aromatic N) is 3. The number of carbonyl (C=O) groups is 1. The zero-order chi connectivity index (χ0) is 16.9. The van der Waals surface area contributed by atoms with Crippen LogP contribution in [-0.4, -0.2) is 40.3 Å². The van der Waals surface area contributed by atoms with Crippen molar-refractivity contribution in [1.29, 1.82) is 0 Å². The topological polar surface area (TPSA) is 47.4 Å². The van der Waals surface area contributed by atoms with Crippen molar-refractivity contribution in [1.82, 2.24) is 14.7 Å². The van der Waals surface area contributed by atoms with Crippen LogP contribution in [0.15, 0.2) is 0 Å². The van der Waals surface area contributed by atoms with Crippen molar-refractivity contribution in [2.45, 2.75) is 71.9 Å². The first-order valence-electron chi connectivity index (χ1n) is 9.65. The summed E-state index contributed by atoms with van der Waals surface area (Å²) in [6.07, 6.45) is 6.96. The molecular formula is C19H31N3O2. The molecule has 2 aliphatic rings. The summed E-state index contributed by atoms with van der Waals surface area (Å²) in [7, 11) is 0. The molecule has 1 aromatic rings. The fourth-order valence-electron chi connectivity index (χ4n) is 3.56. The van der Waals surface area contributed by atoms with Crippen molar-refractivity contribution in [2.75, 3.05) is 19.7 Å². The first kappa shape index (κ1) is 17.5. The lowest BCUT2D eigenvalue weighted by Gasteiger charge is -2.22. The Balaban J connectivity index is 1.63. The van der Waals surface area contributed by atoms with Crippen LogP contribution in [0.3, 0.4) is 0 Å². The summed E-state index contributed by atoms with van der Waals surface area (Å²) in [5, 5.41) is 4.80. The van der Waals surface area contributed by atoms with Gasteiger partial charge in [-0.1, -0.05) is 13.8 Å². The molecule has 24 heavy (non-hydrogen) atoms. The molecule has 1 fully saturated rings. The van der Waals surface area contributed by atoms with Gasteiger partial charge in [-0.3, -0.25) is 9.48 Å². The average molecular weight is 333 g/mol. The van der Waals surface area contributed by atoms with Gasteiger partial charge in [-0.15, -0.1) is 0 Å². The molecule has 1 saturated carbocycles. The molecule has 0 unspecified atom stereocenters. The van der Waals surface area contributed by atoms with Gasteiger partial charge >= 0.3 is 0 Å². The Kier molecular flexibility index (Phi) is 5.93. The van der Waals surface area contributed by atoms with Crippen LogP contribution in [0.4, 0.5) is 0 Å². The lowest BCUT2D eigenvalue weighted by molar-refractivity contribution is -0.131. The summed E-state index contributed by atoms with van der Waals surface area (Å²) in [4.78, 5) is 14.7. The Morgan fingerprint density at radius 2 is 2.17 bits per heavy atom. The Bertz CT molecular complexity index is 563. The quantitative estimate of drug-likeness (QED) is 0.698. The Labute approximate surface area is 145 Å². The van der Waals surface area contributed by atoms with Gasteiger partial charge in [0.15, 0.2) is 0 Å². The monoisotopic (exact) mass is 333 g/mol. The van der Waals surface area contributed by atoms with Crippen molar-refractivity contribution in [3.8, 4) is 0 Å². The smallest absolute Gasteiger partial charge is 0.222 e. The molecule has 2 heterocycles. The van der Waals surface area contributed by atoms with Crippen LogP contribution < -0.4 is 0 Å². The summed E-state index contributed by atoms with van der Waals surface area (Å²) in [5.41, 5.74) is 3.65. The van der Waals surface area contributed by atoms with Gasteiger partial charge in [-0.2, -0.15) is 5.10 Å². The van der Waals surface area contributed by atoms with E-state index in [0.29, 0.717) is 18.9 Å². The fourth-order valence-corrected chi connectivity index (χ4v) is 3.56. The van der Waals surface area contributed by atoms with Crippen LogP contribution in [-0.2, 0) is 35.5 Å². The highest BCUT2D eigenvalue weighted by molar-refractivity contribution is 5.76. The number of aryl methyl sites for hydroxylation is 2. The fraction of sp³-hybridized carbons (Fsp3) is 0.789. The number of amides is 1. The molecule has 134 valence electrons. The van der Waals surface area contributed by atoms with Crippen LogP contribution in [0, 0.1) is 5.92 Å². The van der Waals surface area contributed by atoms with Crippen molar-refractivity contribution in [3.63, 3.8) is 0 Å². The maximum atomic E-state index is 12.6. The molecule has 0 aromatic carbocycles. The SMILES string of the molecule is CCCN(CC1CC1)C(=O)CCc1nn(CCC)c2c1COCC2. The molecule has 1 aliphatic carbocycles. The van der Waals surface area contributed by atoms with Gasteiger partial charge in [0.05, 0.1) is 18.9 Å². The number of hydrogen-bond acceptors (Lipinski definition) is 3. The number of carbonyl (C=O) groups excluding carboxylic acids is 1. The second-order valence-corrected chi connectivity index (χ2v) is 7.18. The van der Waals surface area contributed by atoms with E-state index in [1.165, 1.54) is 24.1 Å². The van der Waals surface area contributed by atoms with Gasteiger partial charge < -0.3 is 9.64 Å². The van der Waals surface area contributed by atoms with Crippen molar-refractivity contribution in [2.24, 2.45) is 5.92 Å². The predicted molar refractivity (Wildman–Crippen MR) is 93.8 cm³/mol. The maximum absolute atomic E-state index is 12.6. The van der Waals surface area contributed by atoms with Gasteiger partial charge in [0.2, 0.25) is 5.91 Å². The lowest BCUT2D eigenvalue weighted by Crippen LogP contribution is -2.33. The molecule has 5 heteroatoms. The summed E-state index contributed by atoms with van der Waals surface area (Å²) < 4.78 is 7.78. The van der Waals surface area contributed by atoms with Crippen LogP contribution in [0.5, 0.6) is 0 Å². The number of rotatable bonds is 9. The van der Waals surface area contributed by atoms with Gasteiger partial charge in [0.25, 0.3) is 0 Å². The summed E-state index contributed by atoms with van der Waals surface area (Å²) >= 11 is 0. The first-order valence-corrected chi connectivity index (χ1v) is 9.65. The molecule has 3 rings (SSSR count). The van der Waals surface area contributed by atoms with E-state index in [1.807, 2.05) is 0 Å². The standard InChI is InChI=1S/C19H31N3O2/c1-3-10-21(13-15-5-6-15)19(23)8-7-17-16-14-24-12-9-18(16)22(20-17)11-4-2/h15H,3-14H2,1-2H3. The summed E-state index contributed by atoms with van der Waals surface area (Å²) in [6, 6.07) is 0. The number of ether oxygens (including phenoxy) is 1. The number of fused-ring (bicyclic) bond motifs is 1. The van der Waals surface area contributed by atoms with E-state index < -0.39 is 0 Å². The highest BCUT2D eigenvalue weighted by atomic mass is 16.5. The number of hydrogen-bond donors (Lipinski definition) is 0. The molecule has 5 nitrogen and oxygen atoms in total. The Morgan fingerprint density at radius 1 is 1.33 bits per heavy atom. The molecule has 0 spiro atoms. The molecule has 0 N–H and O–H groups in total. The average Bonchev–Trinajstić information content (AvgIpc) is 3.35. The van der Waals surface area contributed by atoms with Gasteiger partial charge in [-0.25, -0.2) is 0 Å². The van der Waals surface area contributed by atoms with E-state index in [4.69, 9.17) is 9.84 Å². The molecule has 0 bridgehead atoms. The third kappa shape index (κ3) is 4.18. The second-order valence-electron chi connectivity index (χ2n) is 7.18. The molecule has 0 radical (unpaired) electrons. The van der Waals surface area contributed by atoms with Gasteiger partial charge in [0.1, 0.15) is 0 Å². The largest absolute Gasteiger partial charge is 0.376 e. The predicted octanol–water partition coefficient (Wildman–Crippen LogP) is 2.95. The third-order valence-electron chi connectivity index (χ3n) is 5.01. The molecule has 0 saturated heterocycles. The molecule has 1 aliphatic heterocycles. The normalized spacial score (nSPS) is 16.9. The Morgan fingerprint density at radius 3 is 2.88 bits per heavy atom. The zero-order valence-corrected chi connectivity index (χ0v) is 15.2. The minimum atomic E-state index is 0.291. The van der Waals surface area contributed by atoms with Crippen LogP contribution >= 0.6 is 0 Å². The maximum Gasteiger partial charge on any atom is 0.222 e. The van der Waals surface area contributed by atoms with E-state index in [1.54, 1.807) is 0 Å². The van der Waals surface area contributed by atoms with Crippen molar-refractivity contribution < 1.29 is 9.53 Å². The summed E-state index contributed by atoms with van der Waals surface area (Å²) in [6.45, 7) is 8.57. The highest BCUT2D eigenvalue weighted by Crippen LogP contribution is 2.30. The van der Waals surface area contributed by atoms with Crippen LogP contribution in [0.1, 0.15) is 62.9 Å². The molecule has 1 amide bonds. The van der Waals surface area contributed by atoms with E-state index in [-0.39, 0.29) is 0 Å².